The average Bonchev–Trinajstić information content (AvgIpc) is 2.84. The molecule has 3 N–H and O–H groups in total. The van der Waals surface area contributed by atoms with Crippen LogP contribution in [0.15, 0.2) is 66.7 Å². The number of hydrogen-bond donors (Lipinski definition) is 3. The molecule has 0 saturated heterocycles. The Morgan fingerprint density at radius 3 is 2.74 bits per heavy atom. The fraction of sp³-hybridized carbons (Fsp3) is 0.269. The summed E-state index contributed by atoms with van der Waals surface area (Å²) in [7, 11) is 0. The van der Waals surface area contributed by atoms with Crippen LogP contribution in [0.3, 0.4) is 0 Å². The summed E-state index contributed by atoms with van der Waals surface area (Å²) in [6.07, 6.45) is 0.930. The van der Waals surface area contributed by atoms with Gasteiger partial charge in [-0.05, 0) is 60.9 Å². The second-order valence-corrected chi connectivity index (χ2v) is 8.42. The normalized spacial score (nSPS) is 15.6. The number of aromatic carboxylic acids is 1. The Labute approximate surface area is 202 Å². The molecule has 2 atom stereocenters. The SMILES string of the molecule is O=C(O)c1cccc(Cl)c1Oc1ccc2c(c1)CC[C@H](CNC[C@H](O)COc1ccccc1)O2. The highest BCUT2D eigenvalue weighted by Crippen LogP contribution is 2.36. The minimum Gasteiger partial charge on any atom is -0.491 e. The van der Waals surface area contributed by atoms with E-state index in [1.807, 2.05) is 42.5 Å². The Morgan fingerprint density at radius 2 is 1.94 bits per heavy atom. The van der Waals surface area contributed by atoms with Gasteiger partial charge in [0.15, 0.2) is 5.75 Å². The summed E-state index contributed by atoms with van der Waals surface area (Å²) in [4.78, 5) is 11.5. The highest BCUT2D eigenvalue weighted by atomic mass is 35.5. The standard InChI is InChI=1S/C26H26ClNO6/c27-23-8-4-7-22(26(30)31)25(23)34-20-11-12-24-17(13-20)9-10-21(33-24)15-28-14-18(29)16-32-19-5-2-1-3-6-19/h1-8,11-13,18,21,28-29H,9-10,14-16H2,(H,30,31)/t18-,21+/m0/s1. The molecule has 1 aliphatic heterocycles. The lowest BCUT2D eigenvalue weighted by atomic mass is 10.0. The lowest BCUT2D eigenvalue weighted by molar-refractivity contribution is 0.0694. The van der Waals surface area contributed by atoms with E-state index in [2.05, 4.69) is 5.32 Å². The number of carboxylic acids is 1. The van der Waals surface area contributed by atoms with E-state index in [4.69, 9.17) is 25.8 Å². The average molecular weight is 484 g/mol. The van der Waals surface area contributed by atoms with Crippen LogP contribution in [-0.2, 0) is 6.42 Å². The van der Waals surface area contributed by atoms with E-state index in [0.29, 0.717) is 18.8 Å². The highest BCUT2D eigenvalue weighted by molar-refractivity contribution is 6.32. The smallest absolute Gasteiger partial charge is 0.339 e. The van der Waals surface area contributed by atoms with Crippen molar-refractivity contribution in [3.8, 4) is 23.0 Å². The fourth-order valence-electron chi connectivity index (χ4n) is 3.71. The van der Waals surface area contributed by atoms with E-state index in [1.165, 1.54) is 6.07 Å². The number of fused-ring (bicyclic) bond motifs is 1. The second-order valence-electron chi connectivity index (χ2n) is 8.01. The third-order valence-corrected chi connectivity index (χ3v) is 5.71. The molecule has 0 saturated carbocycles. The van der Waals surface area contributed by atoms with Gasteiger partial charge in [0.05, 0.1) is 5.02 Å². The summed E-state index contributed by atoms with van der Waals surface area (Å²) in [6.45, 7) is 1.21. The van der Waals surface area contributed by atoms with Crippen molar-refractivity contribution in [2.45, 2.75) is 25.0 Å². The van der Waals surface area contributed by atoms with Crippen LogP contribution in [-0.4, -0.2) is 48.1 Å². The van der Waals surface area contributed by atoms with Crippen LogP contribution in [0.2, 0.25) is 5.02 Å². The summed E-state index contributed by atoms with van der Waals surface area (Å²) >= 11 is 6.16. The van der Waals surface area contributed by atoms with Crippen LogP contribution < -0.4 is 19.5 Å². The van der Waals surface area contributed by atoms with Gasteiger partial charge < -0.3 is 29.7 Å². The molecule has 4 rings (SSSR count). The van der Waals surface area contributed by atoms with Crippen molar-refractivity contribution in [1.29, 1.82) is 0 Å². The first-order valence-corrected chi connectivity index (χ1v) is 11.4. The van der Waals surface area contributed by atoms with Gasteiger partial charge in [-0.3, -0.25) is 0 Å². The zero-order valence-electron chi connectivity index (χ0n) is 18.4. The molecule has 0 bridgehead atoms. The van der Waals surface area contributed by atoms with Gasteiger partial charge in [0, 0.05) is 13.1 Å². The second kappa shape index (κ2) is 11.2. The van der Waals surface area contributed by atoms with Gasteiger partial charge in [-0.1, -0.05) is 35.9 Å². The number of para-hydroxylation sites is 2. The number of carboxylic acid groups (broad SMARTS) is 1. The number of rotatable bonds is 10. The van der Waals surface area contributed by atoms with Crippen LogP contribution in [0, 0.1) is 0 Å². The van der Waals surface area contributed by atoms with Gasteiger partial charge in [0.25, 0.3) is 0 Å². The molecule has 0 fully saturated rings. The number of benzene rings is 3. The van der Waals surface area contributed by atoms with Crippen molar-refractivity contribution >= 4 is 17.6 Å². The van der Waals surface area contributed by atoms with Crippen molar-refractivity contribution in [2.75, 3.05) is 19.7 Å². The van der Waals surface area contributed by atoms with Crippen molar-refractivity contribution in [1.82, 2.24) is 5.32 Å². The van der Waals surface area contributed by atoms with Gasteiger partial charge in [0.2, 0.25) is 0 Å². The monoisotopic (exact) mass is 483 g/mol. The molecule has 0 radical (unpaired) electrons. The van der Waals surface area contributed by atoms with Crippen LogP contribution in [0.5, 0.6) is 23.0 Å². The molecule has 178 valence electrons. The molecule has 8 heteroatoms. The van der Waals surface area contributed by atoms with E-state index in [9.17, 15) is 15.0 Å². The van der Waals surface area contributed by atoms with E-state index in [1.54, 1.807) is 18.2 Å². The van der Waals surface area contributed by atoms with Crippen molar-refractivity contribution in [3.05, 3.63) is 82.9 Å². The summed E-state index contributed by atoms with van der Waals surface area (Å²) in [6, 6.07) is 19.4. The molecule has 0 aromatic heterocycles. The third kappa shape index (κ3) is 6.20. The van der Waals surface area contributed by atoms with E-state index in [0.717, 1.165) is 29.9 Å². The molecule has 0 amide bonds. The number of aliphatic hydroxyl groups excluding tert-OH is 1. The maximum absolute atomic E-state index is 11.5. The fourth-order valence-corrected chi connectivity index (χ4v) is 3.92. The molecular formula is C26H26ClNO6. The Bertz CT molecular complexity index is 1120. The predicted octanol–water partition coefficient (Wildman–Crippen LogP) is 4.55. The minimum atomic E-state index is -1.11. The third-order valence-electron chi connectivity index (χ3n) is 5.42. The van der Waals surface area contributed by atoms with Gasteiger partial charge in [-0.25, -0.2) is 4.79 Å². The molecule has 1 aliphatic rings. The lowest BCUT2D eigenvalue weighted by Crippen LogP contribution is -2.39. The zero-order valence-corrected chi connectivity index (χ0v) is 19.2. The number of nitrogens with one attached hydrogen (secondary N) is 1. The number of ether oxygens (including phenoxy) is 3. The van der Waals surface area contributed by atoms with Crippen molar-refractivity contribution in [3.63, 3.8) is 0 Å². The Kier molecular flexibility index (Phi) is 7.90. The van der Waals surface area contributed by atoms with Gasteiger partial charge >= 0.3 is 5.97 Å². The van der Waals surface area contributed by atoms with Crippen LogP contribution >= 0.6 is 11.6 Å². The van der Waals surface area contributed by atoms with Gasteiger partial charge in [-0.15, -0.1) is 0 Å². The molecule has 3 aromatic carbocycles. The number of aryl methyl sites for hydroxylation is 1. The molecule has 1 heterocycles. The van der Waals surface area contributed by atoms with E-state index in [-0.39, 0.29) is 29.0 Å². The first-order chi connectivity index (χ1) is 16.5. The molecular weight excluding hydrogens is 458 g/mol. The summed E-state index contributed by atoms with van der Waals surface area (Å²) in [5.41, 5.74) is 0.984. The van der Waals surface area contributed by atoms with Crippen LogP contribution in [0.1, 0.15) is 22.3 Å². The van der Waals surface area contributed by atoms with E-state index < -0.39 is 12.1 Å². The number of aliphatic hydroxyl groups is 1. The first-order valence-electron chi connectivity index (χ1n) is 11.1. The van der Waals surface area contributed by atoms with Crippen molar-refractivity contribution < 1.29 is 29.2 Å². The van der Waals surface area contributed by atoms with E-state index >= 15 is 0 Å². The number of carbonyl (C=O) groups is 1. The molecule has 7 nitrogen and oxygen atoms in total. The number of halogens is 1. The maximum atomic E-state index is 11.5. The number of hydrogen-bond acceptors (Lipinski definition) is 6. The predicted molar refractivity (Wildman–Crippen MR) is 128 cm³/mol. The Hall–Kier alpha value is -3.26. The lowest BCUT2D eigenvalue weighted by Gasteiger charge is -2.27. The van der Waals surface area contributed by atoms with Gasteiger partial charge in [-0.2, -0.15) is 0 Å². The molecule has 0 aliphatic carbocycles. The largest absolute Gasteiger partial charge is 0.491 e. The van der Waals surface area contributed by atoms with Crippen molar-refractivity contribution in [2.24, 2.45) is 0 Å². The summed E-state index contributed by atoms with van der Waals surface area (Å²) in [5.74, 6) is 0.994. The molecule has 0 spiro atoms. The van der Waals surface area contributed by atoms with Crippen LogP contribution in [0.4, 0.5) is 0 Å². The molecule has 34 heavy (non-hydrogen) atoms. The minimum absolute atomic E-state index is 0.00367. The quantitative estimate of drug-likeness (QED) is 0.389. The topological polar surface area (TPSA) is 97.3 Å². The Balaban J connectivity index is 1.27. The highest BCUT2D eigenvalue weighted by Gasteiger charge is 2.21. The maximum Gasteiger partial charge on any atom is 0.339 e. The Morgan fingerprint density at radius 1 is 1.12 bits per heavy atom. The molecule has 0 unspecified atom stereocenters. The summed E-state index contributed by atoms with van der Waals surface area (Å²) in [5, 5.41) is 23.0. The first kappa shape index (κ1) is 23.9. The zero-order chi connectivity index (χ0) is 23.9. The molecule has 3 aromatic rings. The van der Waals surface area contributed by atoms with Gasteiger partial charge in [0.1, 0.15) is 41.6 Å². The summed E-state index contributed by atoms with van der Waals surface area (Å²) < 4.78 is 17.5. The van der Waals surface area contributed by atoms with Crippen LogP contribution in [0.25, 0.3) is 0 Å².